The van der Waals surface area contributed by atoms with Crippen molar-refractivity contribution in [1.82, 2.24) is 4.90 Å². The highest BCUT2D eigenvalue weighted by molar-refractivity contribution is 7.92. The minimum atomic E-state index is -3.93. The molecule has 144 valence electrons. The van der Waals surface area contributed by atoms with Gasteiger partial charge in [-0.15, -0.1) is 0 Å². The fourth-order valence-corrected chi connectivity index (χ4v) is 4.62. The van der Waals surface area contributed by atoms with Gasteiger partial charge in [-0.2, -0.15) is 0 Å². The second-order valence-electron chi connectivity index (χ2n) is 6.95. The van der Waals surface area contributed by atoms with Gasteiger partial charge in [0.1, 0.15) is 5.82 Å². The summed E-state index contributed by atoms with van der Waals surface area (Å²) in [4.78, 5) is 14.9. The topological polar surface area (TPSA) is 66.5 Å². The number of hydrogen-bond acceptors (Lipinski definition) is 3. The Kier molecular flexibility index (Phi) is 5.51. The molecule has 1 aliphatic rings. The number of hydrogen-bond donors (Lipinski definition) is 1. The first-order chi connectivity index (χ1) is 12.8. The second-order valence-corrected chi connectivity index (χ2v) is 8.63. The van der Waals surface area contributed by atoms with Gasteiger partial charge in [0.2, 0.25) is 0 Å². The minimum Gasteiger partial charge on any atom is -0.333 e. The van der Waals surface area contributed by atoms with Crippen LogP contribution in [0.2, 0.25) is 0 Å². The molecule has 0 unspecified atom stereocenters. The summed E-state index contributed by atoms with van der Waals surface area (Å²) >= 11 is 0. The van der Waals surface area contributed by atoms with Crippen molar-refractivity contribution in [3.8, 4) is 0 Å². The van der Waals surface area contributed by atoms with E-state index in [0.717, 1.165) is 31.4 Å². The van der Waals surface area contributed by atoms with Crippen LogP contribution in [0.3, 0.4) is 0 Å². The quantitative estimate of drug-likeness (QED) is 0.857. The molecule has 1 aliphatic heterocycles. The third-order valence-corrected chi connectivity index (χ3v) is 6.34. The van der Waals surface area contributed by atoms with E-state index in [2.05, 4.69) is 4.72 Å². The SMILES string of the molecule is C[C@@H]1CCC[C@@H](C)N1C(=O)c1ccccc1NS(=O)(=O)c1ccc(F)cc1. The molecule has 7 heteroatoms. The molecule has 0 radical (unpaired) electrons. The number of sulfonamides is 1. The summed E-state index contributed by atoms with van der Waals surface area (Å²) in [7, 11) is -3.93. The van der Waals surface area contributed by atoms with Crippen LogP contribution in [-0.2, 0) is 10.0 Å². The average molecular weight is 390 g/mol. The van der Waals surface area contributed by atoms with Crippen LogP contribution >= 0.6 is 0 Å². The van der Waals surface area contributed by atoms with Crippen molar-refractivity contribution in [2.75, 3.05) is 4.72 Å². The zero-order chi connectivity index (χ0) is 19.6. The summed E-state index contributed by atoms with van der Waals surface area (Å²) in [6, 6.07) is 11.3. The van der Waals surface area contributed by atoms with Crippen LogP contribution in [0.1, 0.15) is 43.5 Å². The molecule has 2 atom stereocenters. The number of likely N-dealkylation sites (tertiary alicyclic amines) is 1. The molecule has 1 fully saturated rings. The van der Waals surface area contributed by atoms with Crippen LogP contribution < -0.4 is 4.72 Å². The third-order valence-electron chi connectivity index (χ3n) is 4.95. The van der Waals surface area contributed by atoms with E-state index in [-0.39, 0.29) is 28.6 Å². The minimum absolute atomic E-state index is 0.0640. The lowest BCUT2D eigenvalue weighted by Crippen LogP contribution is -2.47. The Labute approximate surface area is 159 Å². The Morgan fingerprint density at radius 2 is 1.63 bits per heavy atom. The number of nitrogens with one attached hydrogen (secondary N) is 1. The maximum Gasteiger partial charge on any atom is 0.261 e. The van der Waals surface area contributed by atoms with Crippen LogP contribution in [-0.4, -0.2) is 31.3 Å². The fraction of sp³-hybridized carbons (Fsp3) is 0.350. The van der Waals surface area contributed by atoms with Gasteiger partial charge < -0.3 is 4.90 Å². The van der Waals surface area contributed by atoms with Crippen LogP contribution in [0.25, 0.3) is 0 Å². The number of piperidine rings is 1. The number of carbonyl (C=O) groups excluding carboxylic acids is 1. The maximum absolute atomic E-state index is 13.1. The van der Waals surface area contributed by atoms with Crippen molar-refractivity contribution < 1.29 is 17.6 Å². The summed E-state index contributed by atoms with van der Waals surface area (Å²) in [6.07, 6.45) is 2.93. The molecule has 27 heavy (non-hydrogen) atoms. The smallest absolute Gasteiger partial charge is 0.261 e. The first-order valence-electron chi connectivity index (χ1n) is 8.99. The van der Waals surface area contributed by atoms with E-state index in [1.165, 1.54) is 12.1 Å². The van der Waals surface area contributed by atoms with Crippen molar-refractivity contribution in [2.45, 2.75) is 50.1 Å². The molecule has 5 nitrogen and oxygen atoms in total. The van der Waals surface area contributed by atoms with E-state index in [1.807, 2.05) is 18.7 Å². The summed E-state index contributed by atoms with van der Waals surface area (Å²) < 4.78 is 40.8. The van der Waals surface area contributed by atoms with Gasteiger partial charge in [-0.05, 0) is 69.5 Å². The molecule has 1 saturated heterocycles. The van der Waals surface area contributed by atoms with E-state index < -0.39 is 15.8 Å². The molecule has 2 aromatic carbocycles. The van der Waals surface area contributed by atoms with Gasteiger partial charge in [0.25, 0.3) is 15.9 Å². The number of rotatable bonds is 4. The molecule has 3 rings (SSSR count). The van der Waals surface area contributed by atoms with Crippen LogP contribution in [0, 0.1) is 5.82 Å². The van der Waals surface area contributed by atoms with Gasteiger partial charge in [-0.3, -0.25) is 9.52 Å². The number of anilines is 1. The molecule has 0 aliphatic carbocycles. The normalized spacial score (nSPS) is 20.3. The Bertz CT molecular complexity index is 918. The van der Waals surface area contributed by atoms with Crippen molar-refractivity contribution in [3.05, 3.63) is 59.9 Å². The third kappa shape index (κ3) is 4.13. The summed E-state index contributed by atoms with van der Waals surface area (Å²) in [5.41, 5.74) is 0.528. The summed E-state index contributed by atoms with van der Waals surface area (Å²) in [5.74, 6) is -0.704. The van der Waals surface area contributed by atoms with Gasteiger partial charge in [-0.25, -0.2) is 12.8 Å². The lowest BCUT2D eigenvalue weighted by Gasteiger charge is -2.39. The summed E-state index contributed by atoms with van der Waals surface area (Å²) in [5, 5.41) is 0. The van der Waals surface area contributed by atoms with Gasteiger partial charge in [0, 0.05) is 12.1 Å². The van der Waals surface area contributed by atoms with Gasteiger partial charge in [-0.1, -0.05) is 12.1 Å². The predicted octanol–water partition coefficient (Wildman–Crippen LogP) is 4.03. The number of carbonyl (C=O) groups is 1. The molecule has 0 aromatic heterocycles. The first-order valence-corrected chi connectivity index (χ1v) is 10.5. The highest BCUT2D eigenvalue weighted by Gasteiger charge is 2.31. The van der Waals surface area contributed by atoms with Crippen LogP contribution in [0.5, 0.6) is 0 Å². The molecule has 2 aromatic rings. The zero-order valence-corrected chi connectivity index (χ0v) is 16.2. The highest BCUT2D eigenvalue weighted by Crippen LogP contribution is 2.28. The molecule has 1 N–H and O–H groups in total. The number of halogens is 1. The molecule has 1 amide bonds. The Morgan fingerprint density at radius 3 is 2.26 bits per heavy atom. The molecule has 1 heterocycles. The van der Waals surface area contributed by atoms with E-state index in [1.54, 1.807) is 24.3 Å². The van der Waals surface area contributed by atoms with Gasteiger partial charge in [0.05, 0.1) is 16.1 Å². The van der Waals surface area contributed by atoms with E-state index in [4.69, 9.17) is 0 Å². The molecular weight excluding hydrogens is 367 g/mol. The second kappa shape index (κ2) is 7.68. The van der Waals surface area contributed by atoms with Gasteiger partial charge in [0.15, 0.2) is 0 Å². The van der Waals surface area contributed by atoms with Crippen molar-refractivity contribution in [3.63, 3.8) is 0 Å². The van der Waals surface area contributed by atoms with Crippen molar-refractivity contribution >= 4 is 21.6 Å². The Hall–Kier alpha value is -2.41. The lowest BCUT2D eigenvalue weighted by atomic mass is 9.96. The molecular formula is C20H23FN2O3S. The monoisotopic (exact) mass is 390 g/mol. The summed E-state index contributed by atoms with van der Waals surface area (Å²) in [6.45, 7) is 4.03. The number of para-hydroxylation sites is 1. The zero-order valence-electron chi connectivity index (χ0n) is 15.4. The number of benzene rings is 2. The lowest BCUT2D eigenvalue weighted by molar-refractivity contribution is 0.0512. The number of amides is 1. The van der Waals surface area contributed by atoms with Crippen molar-refractivity contribution in [1.29, 1.82) is 0 Å². The van der Waals surface area contributed by atoms with E-state index >= 15 is 0 Å². The first kappa shape index (κ1) is 19.4. The Morgan fingerprint density at radius 1 is 1.04 bits per heavy atom. The maximum atomic E-state index is 13.1. The molecule has 0 spiro atoms. The predicted molar refractivity (Wildman–Crippen MR) is 103 cm³/mol. The molecule has 0 bridgehead atoms. The van der Waals surface area contributed by atoms with E-state index in [0.29, 0.717) is 5.56 Å². The molecule has 0 saturated carbocycles. The van der Waals surface area contributed by atoms with Crippen molar-refractivity contribution in [2.24, 2.45) is 0 Å². The largest absolute Gasteiger partial charge is 0.333 e. The highest BCUT2D eigenvalue weighted by atomic mass is 32.2. The Balaban J connectivity index is 1.92. The van der Waals surface area contributed by atoms with Gasteiger partial charge >= 0.3 is 0 Å². The fourth-order valence-electron chi connectivity index (χ4n) is 3.54. The standard InChI is InChI=1S/C20H23FN2O3S/c1-14-6-5-7-15(2)23(14)20(24)18-8-3-4-9-19(18)22-27(25,26)17-12-10-16(21)11-13-17/h3-4,8-15,22H,5-7H2,1-2H3/t14-,15-/m1/s1. The number of nitrogens with zero attached hydrogens (tertiary/aromatic N) is 1. The van der Waals surface area contributed by atoms with Crippen LogP contribution in [0.4, 0.5) is 10.1 Å². The van der Waals surface area contributed by atoms with Crippen LogP contribution in [0.15, 0.2) is 53.4 Å². The average Bonchev–Trinajstić information content (AvgIpc) is 2.62. The van der Waals surface area contributed by atoms with E-state index in [9.17, 15) is 17.6 Å².